The van der Waals surface area contributed by atoms with Crippen molar-refractivity contribution >= 4 is 60.7 Å². The van der Waals surface area contributed by atoms with Crippen molar-refractivity contribution in [1.82, 2.24) is 13.7 Å². The lowest BCUT2D eigenvalue weighted by atomic mass is 10.0. The van der Waals surface area contributed by atoms with Crippen molar-refractivity contribution in [3.63, 3.8) is 0 Å². The van der Waals surface area contributed by atoms with E-state index in [-0.39, 0.29) is 0 Å². The summed E-state index contributed by atoms with van der Waals surface area (Å²) in [5.74, 6) is 0. The predicted octanol–water partition coefficient (Wildman–Crippen LogP) is 15.0. The largest absolute Gasteiger partial charge is 0.314 e. The Morgan fingerprint density at radius 3 is 1.38 bits per heavy atom. The van der Waals surface area contributed by atoms with Gasteiger partial charge in [-0.05, 0) is 153 Å². The standard InChI is InChI=1S/C56H44N4/c1-37-39(3)58(53-21-13-11-19-49(37)53)45-28-30-47(31-29-45)59(48-32-34-55-51(36-48)38(2)40(4)57(55)43-15-7-5-8-16-43)46-26-23-41(24-27-46)42-25-33-56-52(35-42)50-20-12-14-22-54(50)60(56)44-17-9-6-10-18-44/h5-36H,1-4H3. The minimum absolute atomic E-state index is 1.10. The minimum Gasteiger partial charge on any atom is -0.314 e. The summed E-state index contributed by atoms with van der Waals surface area (Å²) in [6, 6.07) is 70.7. The number of hydrogen-bond acceptors (Lipinski definition) is 1. The van der Waals surface area contributed by atoms with Crippen LogP contribution in [0.5, 0.6) is 0 Å². The molecule has 0 unspecified atom stereocenters. The van der Waals surface area contributed by atoms with Gasteiger partial charge in [0.15, 0.2) is 0 Å². The Morgan fingerprint density at radius 2 is 0.733 bits per heavy atom. The summed E-state index contributed by atoms with van der Waals surface area (Å²) < 4.78 is 7.13. The number of benzene rings is 8. The molecule has 0 atom stereocenters. The molecule has 0 N–H and O–H groups in total. The van der Waals surface area contributed by atoms with Crippen LogP contribution >= 0.6 is 0 Å². The minimum atomic E-state index is 1.10. The van der Waals surface area contributed by atoms with Crippen molar-refractivity contribution in [2.24, 2.45) is 0 Å². The fourth-order valence-electron chi connectivity index (χ4n) is 9.48. The number of hydrogen-bond donors (Lipinski definition) is 0. The maximum atomic E-state index is 2.39. The molecule has 0 bridgehead atoms. The average Bonchev–Trinajstić information content (AvgIpc) is 3.87. The summed E-state index contributed by atoms with van der Waals surface area (Å²) in [7, 11) is 0. The van der Waals surface area contributed by atoms with E-state index in [4.69, 9.17) is 0 Å². The third-order valence-electron chi connectivity index (χ3n) is 12.7. The summed E-state index contributed by atoms with van der Waals surface area (Å²) in [5, 5.41) is 5.05. The van der Waals surface area contributed by atoms with Gasteiger partial charge in [0.25, 0.3) is 0 Å². The van der Waals surface area contributed by atoms with E-state index in [1.54, 1.807) is 0 Å². The molecule has 8 aromatic carbocycles. The van der Waals surface area contributed by atoms with Crippen molar-refractivity contribution in [3.8, 4) is 28.2 Å². The predicted molar refractivity (Wildman–Crippen MR) is 254 cm³/mol. The van der Waals surface area contributed by atoms with E-state index in [2.05, 4.69) is 240 Å². The highest BCUT2D eigenvalue weighted by Gasteiger charge is 2.20. The first kappa shape index (κ1) is 35.6. The van der Waals surface area contributed by atoms with E-state index in [0.29, 0.717) is 0 Å². The SMILES string of the molecule is Cc1c(C)n(-c2ccc(N(c3ccc(-c4ccc5c(c4)c4ccccc4n5-c4ccccc4)cc3)c3ccc4c(c3)c(C)c(C)n4-c3ccccc3)cc2)c2ccccc12. The van der Waals surface area contributed by atoms with E-state index >= 15 is 0 Å². The Kier molecular flexibility index (Phi) is 8.35. The van der Waals surface area contributed by atoms with Gasteiger partial charge in [-0.1, -0.05) is 91.0 Å². The molecule has 0 amide bonds. The lowest BCUT2D eigenvalue weighted by Crippen LogP contribution is -2.10. The van der Waals surface area contributed by atoms with Gasteiger partial charge in [0.05, 0.1) is 22.1 Å². The molecule has 0 aliphatic heterocycles. The number of para-hydroxylation sites is 4. The van der Waals surface area contributed by atoms with Gasteiger partial charge in [0.1, 0.15) is 0 Å². The Morgan fingerprint density at radius 1 is 0.300 bits per heavy atom. The molecule has 4 heteroatoms. The van der Waals surface area contributed by atoms with Crippen LogP contribution in [-0.2, 0) is 0 Å². The molecule has 0 radical (unpaired) electrons. The van der Waals surface area contributed by atoms with Crippen LogP contribution in [0.1, 0.15) is 22.5 Å². The van der Waals surface area contributed by atoms with Crippen molar-refractivity contribution < 1.29 is 0 Å². The van der Waals surface area contributed by atoms with Gasteiger partial charge < -0.3 is 18.6 Å². The summed E-state index contributed by atoms with van der Waals surface area (Å²) in [6.07, 6.45) is 0. The van der Waals surface area contributed by atoms with Gasteiger partial charge in [-0.2, -0.15) is 0 Å². The van der Waals surface area contributed by atoms with Gasteiger partial charge in [0, 0.05) is 67.1 Å². The van der Waals surface area contributed by atoms with Crippen molar-refractivity contribution in [2.45, 2.75) is 27.7 Å². The number of anilines is 3. The summed E-state index contributed by atoms with van der Waals surface area (Å²) in [4.78, 5) is 2.39. The molecular weight excluding hydrogens is 729 g/mol. The Hall–Kier alpha value is -7.56. The van der Waals surface area contributed by atoms with Crippen LogP contribution in [0, 0.1) is 27.7 Å². The molecule has 288 valence electrons. The smallest absolute Gasteiger partial charge is 0.0541 e. The van der Waals surface area contributed by atoms with Crippen molar-refractivity contribution in [1.29, 1.82) is 0 Å². The first-order chi connectivity index (χ1) is 29.4. The van der Waals surface area contributed by atoms with E-state index in [0.717, 1.165) is 22.7 Å². The topological polar surface area (TPSA) is 18.0 Å². The zero-order chi connectivity index (χ0) is 40.5. The normalized spacial score (nSPS) is 11.7. The van der Waals surface area contributed by atoms with Gasteiger partial charge in [-0.3, -0.25) is 0 Å². The summed E-state index contributed by atoms with van der Waals surface area (Å²) in [6.45, 7) is 8.91. The van der Waals surface area contributed by atoms with Crippen LogP contribution < -0.4 is 4.90 Å². The molecule has 0 fully saturated rings. The molecule has 3 heterocycles. The van der Waals surface area contributed by atoms with E-state index in [1.807, 2.05) is 0 Å². The number of rotatable bonds is 7. The number of aromatic nitrogens is 3. The first-order valence-electron chi connectivity index (χ1n) is 20.8. The molecule has 11 rings (SSSR count). The van der Waals surface area contributed by atoms with Crippen LogP contribution in [-0.4, -0.2) is 13.7 Å². The molecule has 0 aliphatic carbocycles. The highest BCUT2D eigenvalue weighted by Crippen LogP contribution is 2.41. The Bertz CT molecular complexity index is 3380. The summed E-state index contributed by atoms with van der Waals surface area (Å²) >= 11 is 0. The second-order valence-corrected chi connectivity index (χ2v) is 16.0. The maximum Gasteiger partial charge on any atom is 0.0541 e. The first-order valence-corrected chi connectivity index (χ1v) is 20.8. The molecule has 0 saturated carbocycles. The highest BCUT2D eigenvalue weighted by molar-refractivity contribution is 6.10. The third-order valence-corrected chi connectivity index (χ3v) is 12.7. The molecule has 0 spiro atoms. The van der Waals surface area contributed by atoms with Crippen molar-refractivity contribution in [2.75, 3.05) is 4.90 Å². The number of aryl methyl sites for hydroxylation is 2. The summed E-state index contributed by atoms with van der Waals surface area (Å²) in [5.41, 5.74) is 19.2. The van der Waals surface area contributed by atoms with Crippen LogP contribution in [0.4, 0.5) is 17.1 Å². The van der Waals surface area contributed by atoms with E-state index in [1.165, 1.54) is 88.6 Å². The number of nitrogens with zero attached hydrogens (tertiary/aromatic N) is 4. The lowest BCUT2D eigenvalue weighted by Gasteiger charge is -2.26. The third kappa shape index (κ3) is 5.60. The molecule has 11 aromatic rings. The number of fused-ring (bicyclic) bond motifs is 5. The van der Waals surface area contributed by atoms with Crippen LogP contribution in [0.15, 0.2) is 194 Å². The zero-order valence-electron chi connectivity index (χ0n) is 34.3. The molecule has 60 heavy (non-hydrogen) atoms. The van der Waals surface area contributed by atoms with Gasteiger partial charge in [-0.25, -0.2) is 0 Å². The molecule has 0 aliphatic rings. The molecule has 3 aromatic heterocycles. The van der Waals surface area contributed by atoms with Gasteiger partial charge in [0.2, 0.25) is 0 Å². The average molecular weight is 773 g/mol. The maximum absolute atomic E-state index is 2.39. The lowest BCUT2D eigenvalue weighted by molar-refractivity contribution is 1.04. The monoisotopic (exact) mass is 772 g/mol. The fraction of sp³-hybridized carbons (Fsp3) is 0.0714. The van der Waals surface area contributed by atoms with E-state index < -0.39 is 0 Å². The van der Waals surface area contributed by atoms with Crippen LogP contribution in [0.2, 0.25) is 0 Å². The van der Waals surface area contributed by atoms with Gasteiger partial charge in [-0.15, -0.1) is 0 Å². The van der Waals surface area contributed by atoms with Gasteiger partial charge >= 0.3 is 0 Å². The van der Waals surface area contributed by atoms with Crippen LogP contribution in [0.25, 0.3) is 71.8 Å². The molecule has 0 saturated heterocycles. The van der Waals surface area contributed by atoms with Crippen molar-refractivity contribution in [3.05, 3.63) is 217 Å². The molecule has 4 nitrogen and oxygen atoms in total. The Balaban J connectivity index is 1.03. The quantitative estimate of drug-likeness (QED) is 0.158. The highest BCUT2D eigenvalue weighted by atomic mass is 15.1. The molecular formula is C56H44N4. The second kappa shape index (κ2) is 14.1. The van der Waals surface area contributed by atoms with Crippen LogP contribution in [0.3, 0.4) is 0 Å². The second-order valence-electron chi connectivity index (χ2n) is 16.0. The fourth-order valence-corrected chi connectivity index (χ4v) is 9.48. The van der Waals surface area contributed by atoms with E-state index in [9.17, 15) is 0 Å². The zero-order valence-corrected chi connectivity index (χ0v) is 34.3. The Labute approximate surface area is 350 Å².